The fourth-order valence-electron chi connectivity index (χ4n) is 2.87. The van der Waals surface area contributed by atoms with Crippen LogP contribution in [0.2, 0.25) is 0 Å². The zero-order valence-electron chi connectivity index (χ0n) is 19.3. The number of alkyl carbamates (subject to hydrolysis) is 1. The van der Waals surface area contributed by atoms with E-state index in [1.165, 1.54) is 12.5 Å². The smallest absolute Gasteiger partial charge is 0.408 e. The van der Waals surface area contributed by atoms with E-state index in [0.29, 0.717) is 18.0 Å². The fraction of sp³-hybridized carbons (Fsp3) is 0.440. The summed E-state index contributed by atoms with van der Waals surface area (Å²) in [5.41, 5.74) is -0.398. The van der Waals surface area contributed by atoms with Crippen molar-refractivity contribution in [2.75, 3.05) is 18.5 Å². The number of unbranched alkanes of at least 4 members (excludes halogenated alkanes) is 1. The Morgan fingerprint density at radius 1 is 0.938 bits per heavy atom. The molecule has 0 heterocycles. The summed E-state index contributed by atoms with van der Waals surface area (Å²) in [5.74, 6) is 0.153. The third-order valence-electron chi connectivity index (χ3n) is 4.68. The molecule has 7 nitrogen and oxygen atoms in total. The monoisotopic (exact) mass is 442 g/mol. The molecule has 0 radical (unpaired) electrons. The number of nitrogens with one attached hydrogen (secondary N) is 2. The Bertz CT molecular complexity index is 862. The summed E-state index contributed by atoms with van der Waals surface area (Å²) >= 11 is 0. The van der Waals surface area contributed by atoms with E-state index in [9.17, 15) is 14.7 Å². The molecular weight excluding hydrogens is 408 g/mol. The van der Waals surface area contributed by atoms with Crippen LogP contribution in [0.25, 0.3) is 0 Å². The van der Waals surface area contributed by atoms with Gasteiger partial charge in [0.15, 0.2) is 0 Å². The topological polar surface area (TPSA) is 96.9 Å². The summed E-state index contributed by atoms with van der Waals surface area (Å²) in [6.07, 6.45) is 2.23. The number of aliphatic hydroxyl groups is 1. The van der Waals surface area contributed by atoms with Crippen molar-refractivity contribution < 1.29 is 24.2 Å². The average Bonchev–Trinajstić information content (AvgIpc) is 2.74. The molecule has 0 aliphatic rings. The minimum atomic E-state index is -1.53. The highest BCUT2D eigenvalue weighted by molar-refractivity contribution is 5.99. The first-order valence-corrected chi connectivity index (χ1v) is 10.8. The summed E-state index contributed by atoms with van der Waals surface area (Å²) in [7, 11) is 0. The Balaban J connectivity index is 1.79. The van der Waals surface area contributed by atoms with Crippen LogP contribution in [0, 0.1) is 0 Å². The van der Waals surface area contributed by atoms with E-state index in [0.717, 1.165) is 19.3 Å². The Morgan fingerprint density at radius 3 is 2.19 bits per heavy atom. The Hall–Kier alpha value is -3.06. The van der Waals surface area contributed by atoms with Gasteiger partial charge in [0, 0.05) is 5.69 Å². The number of anilines is 1. The molecule has 1 atom stereocenters. The highest BCUT2D eigenvalue weighted by Crippen LogP contribution is 2.18. The predicted molar refractivity (Wildman–Crippen MR) is 125 cm³/mol. The first-order valence-electron chi connectivity index (χ1n) is 10.8. The number of ether oxygens (including phenoxy) is 2. The average molecular weight is 443 g/mol. The van der Waals surface area contributed by atoms with Crippen molar-refractivity contribution in [1.29, 1.82) is 0 Å². The van der Waals surface area contributed by atoms with Crippen LogP contribution < -0.4 is 15.4 Å². The number of hydrogen-bond donors (Lipinski definition) is 3. The summed E-state index contributed by atoms with van der Waals surface area (Å²) in [5, 5.41) is 14.8. The minimum Gasteiger partial charge on any atom is -0.494 e. The van der Waals surface area contributed by atoms with E-state index in [-0.39, 0.29) is 0 Å². The zero-order chi connectivity index (χ0) is 23.6. The van der Waals surface area contributed by atoms with Gasteiger partial charge in [-0.15, -0.1) is 0 Å². The summed E-state index contributed by atoms with van der Waals surface area (Å²) in [4.78, 5) is 24.7. The molecule has 3 N–H and O–H groups in total. The number of benzene rings is 2. The van der Waals surface area contributed by atoms with E-state index in [1.54, 1.807) is 45.0 Å². The standard InChI is InChI=1S/C25H34N2O5/c1-24(2,3)32-23(30)27-25(4,18-28)22(29)26-20-13-15-21(16-14-20)31-17-9-8-12-19-10-6-5-7-11-19/h5-7,10-11,13-16,28H,8-9,12,17-18H2,1-4H3,(H,26,29)(H,27,30)/t25-/m0/s1. The number of rotatable bonds is 10. The van der Waals surface area contributed by atoms with Crippen LogP contribution in [0.4, 0.5) is 10.5 Å². The highest BCUT2D eigenvalue weighted by Gasteiger charge is 2.36. The van der Waals surface area contributed by atoms with Crippen molar-refractivity contribution in [3.63, 3.8) is 0 Å². The van der Waals surface area contributed by atoms with Gasteiger partial charge in [-0.2, -0.15) is 0 Å². The first-order chi connectivity index (χ1) is 15.1. The van der Waals surface area contributed by atoms with Gasteiger partial charge >= 0.3 is 6.09 Å². The van der Waals surface area contributed by atoms with Crippen molar-refractivity contribution in [1.82, 2.24) is 5.32 Å². The van der Waals surface area contributed by atoms with E-state index < -0.39 is 29.7 Å². The van der Waals surface area contributed by atoms with Crippen LogP contribution in [0.1, 0.15) is 46.1 Å². The molecule has 32 heavy (non-hydrogen) atoms. The van der Waals surface area contributed by atoms with Gasteiger partial charge in [0.1, 0.15) is 16.9 Å². The molecule has 2 rings (SSSR count). The minimum absolute atomic E-state index is 0.525. The van der Waals surface area contributed by atoms with Crippen LogP contribution >= 0.6 is 0 Å². The van der Waals surface area contributed by atoms with Crippen molar-refractivity contribution in [2.45, 2.75) is 58.1 Å². The van der Waals surface area contributed by atoms with E-state index in [4.69, 9.17) is 9.47 Å². The summed E-state index contributed by atoms with van der Waals surface area (Å²) in [6, 6.07) is 17.3. The van der Waals surface area contributed by atoms with Gasteiger partial charge in [0.25, 0.3) is 5.91 Å². The van der Waals surface area contributed by atoms with Gasteiger partial charge < -0.3 is 25.2 Å². The largest absolute Gasteiger partial charge is 0.494 e. The number of aryl methyl sites for hydroxylation is 1. The van der Waals surface area contributed by atoms with Gasteiger partial charge in [-0.25, -0.2) is 4.79 Å². The van der Waals surface area contributed by atoms with Crippen molar-refractivity contribution in [2.24, 2.45) is 0 Å². The van der Waals surface area contributed by atoms with Crippen molar-refractivity contribution in [3.8, 4) is 5.75 Å². The van der Waals surface area contributed by atoms with Crippen molar-refractivity contribution >= 4 is 17.7 Å². The number of carbonyl (C=O) groups is 2. The molecule has 2 aromatic carbocycles. The van der Waals surface area contributed by atoms with E-state index in [1.807, 2.05) is 18.2 Å². The Labute approximate surface area is 190 Å². The maximum atomic E-state index is 12.6. The van der Waals surface area contributed by atoms with Gasteiger partial charge in [-0.05, 0) is 76.8 Å². The summed E-state index contributed by atoms with van der Waals surface area (Å²) in [6.45, 7) is 6.62. The second-order valence-electron chi connectivity index (χ2n) is 8.89. The molecule has 2 amide bonds. The quantitative estimate of drug-likeness (QED) is 0.477. The molecule has 0 saturated carbocycles. The van der Waals surface area contributed by atoms with Gasteiger partial charge in [-0.3, -0.25) is 4.79 Å². The van der Waals surface area contributed by atoms with Gasteiger partial charge in [0.2, 0.25) is 0 Å². The van der Waals surface area contributed by atoms with Gasteiger partial charge in [-0.1, -0.05) is 30.3 Å². The molecule has 0 unspecified atom stereocenters. The molecule has 7 heteroatoms. The lowest BCUT2D eigenvalue weighted by atomic mass is 10.0. The fourth-order valence-corrected chi connectivity index (χ4v) is 2.87. The first kappa shape index (κ1) is 25.2. The second kappa shape index (κ2) is 11.5. The zero-order valence-corrected chi connectivity index (χ0v) is 19.3. The molecule has 0 aliphatic heterocycles. The number of amides is 2. The Morgan fingerprint density at radius 2 is 1.59 bits per heavy atom. The maximum absolute atomic E-state index is 12.6. The molecule has 2 aromatic rings. The number of carbonyl (C=O) groups excluding carboxylic acids is 2. The Kier molecular flexibility index (Phi) is 9.08. The second-order valence-corrected chi connectivity index (χ2v) is 8.89. The number of hydrogen-bond acceptors (Lipinski definition) is 5. The third-order valence-corrected chi connectivity index (χ3v) is 4.68. The SMILES string of the molecule is CC(C)(C)OC(=O)N[C@@](C)(CO)C(=O)Nc1ccc(OCCCCc2ccccc2)cc1. The van der Waals surface area contributed by atoms with Crippen LogP contribution in [-0.4, -0.2) is 41.5 Å². The molecular formula is C25H34N2O5. The lowest BCUT2D eigenvalue weighted by Gasteiger charge is -2.29. The lowest BCUT2D eigenvalue weighted by Crippen LogP contribution is -2.58. The van der Waals surface area contributed by atoms with Gasteiger partial charge in [0.05, 0.1) is 13.2 Å². The third kappa shape index (κ3) is 8.59. The molecule has 0 fully saturated rings. The lowest BCUT2D eigenvalue weighted by molar-refractivity contribution is -0.123. The van der Waals surface area contributed by atoms with Crippen molar-refractivity contribution in [3.05, 3.63) is 60.2 Å². The normalized spacial score (nSPS) is 13.0. The molecule has 0 bridgehead atoms. The van der Waals surface area contributed by atoms with Crippen LogP contribution in [0.15, 0.2) is 54.6 Å². The highest BCUT2D eigenvalue weighted by atomic mass is 16.6. The van der Waals surface area contributed by atoms with Crippen LogP contribution in [-0.2, 0) is 16.0 Å². The van der Waals surface area contributed by atoms with E-state index in [2.05, 4.69) is 22.8 Å². The molecule has 0 aliphatic carbocycles. The molecule has 0 aromatic heterocycles. The predicted octanol–water partition coefficient (Wildman–Crippen LogP) is 4.30. The summed E-state index contributed by atoms with van der Waals surface area (Å²) < 4.78 is 10.9. The molecule has 0 spiro atoms. The van der Waals surface area contributed by atoms with Crippen LogP contribution in [0.3, 0.4) is 0 Å². The maximum Gasteiger partial charge on any atom is 0.408 e. The molecule has 174 valence electrons. The van der Waals surface area contributed by atoms with E-state index >= 15 is 0 Å². The number of aliphatic hydroxyl groups excluding tert-OH is 1. The molecule has 0 saturated heterocycles. The van der Waals surface area contributed by atoms with Crippen LogP contribution in [0.5, 0.6) is 5.75 Å².